The van der Waals surface area contributed by atoms with Gasteiger partial charge >= 0.3 is 23.9 Å². The minimum Gasteiger partial charge on any atom is -0.828 e. The quantitative estimate of drug-likeness (QED) is 0.423. The van der Waals surface area contributed by atoms with Crippen molar-refractivity contribution in [3.63, 3.8) is 0 Å². The van der Waals surface area contributed by atoms with E-state index in [1.54, 1.807) is 0 Å². The molecule has 0 aromatic heterocycles. The standard InChI is InChI=1S/C14H19O10/c1-6(15)20-5-10-11(21-7(2)16)12(22-8(3)17)13(14(19)24-10)23-9(4)18/h10-14H,5H2,1-4H3/q-1. The minimum absolute atomic E-state index is 0.406. The molecule has 0 radical (unpaired) electrons. The Morgan fingerprint density at radius 2 is 1.25 bits per heavy atom. The van der Waals surface area contributed by atoms with Crippen LogP contribution in [0.1, 0.15) is 27.7 Å². The molecule has 10 nitrogen and oxygen atoms in total. The smallest absolute Gasteiger partial charge is 0.303 e. The summed E-state index contributed by atoms with van der Waals surface area (Å²) in [6.45, 7) is 3.97. The van der Waals surface area contributed by atoms with E-state index in [2.05, 4.69) is 0 Å². The topological polar surface area (TPSA) is 137 Å². The molecule has 0 amide bonds. The lowest BCUT2D eigenvalue weighted by molar-refractivity contribution is -0.531. The molecule has 1 saturated heterocycles. The lowest BCUT2D eigenvalue weighted by Crippen LogP contribution is -2.65. The molecule has 10 heteroatoms. The van der Waals surface area contributed by atoms with Gasteiger partial charge in [-0.1, -0.05) is 0 Å². The van der Waals surface area contributed by atoms with Gasteiger partial charge < -0.3 is 28.8 Å². The van der Waals surface area contributed by atoms with Gasteiger partial charge in [-0.2, -0.15) is 0 Å². The average molecular weight is 347 g/mol. The van der Waals surface area contributed by atoms with Gasteiger partial charge in [0.25, 0.3) is 0 Å². The fraction of sp³-hybridized carbons (Fsp3) is 0.714. The average Bonchev–Trinajstić information content (AvgIpc) is 2.42. The number of hydrogen-bond acceptors (Lipinski definition) is 10. The lowest BCUT2D eigenvalue weighted by Gasteiger charge is -2.47. The van der Waals surface area contributed by atoms with Crippen molar-refractivity contribution < 1.29 is 48.0 Å². The fourth-order valence-electron chi connectivity index (χ4n) is 2.19. The van der Waals surface area contributed by atoms with Gasteiger partial charge in [0, 0.05) is 34.0 Å². The normalized spacial score (nSPS) is 29.3. The molecule has 5 unspecified atom stereocenters. The highest BCUT2D eigenvalue weighted by Crippen LogP contribution is 2.27. The van der Waals surface area contributed by atoms with Crippen LogP contribution in [-0.2, 0) is 42.9 Å². The third kappa shape index (κ3) is 5.78. The first-order chi connectivity index (χ1) is 11.1. The summed E-state index contributed by atoms with van der Waals surface area (Å²) in [5.74, 6) is -2.98. The molecule has 0 saturated carbocycles. The Bertz CT molecular complexity index is 502. The molecule has 1 rings (SSSR count). The Hall–Kier alpha value is -2.20. The molecule has 1 heterocycles. The molecule has 1 aliphatic rings. The molecule has 1 aliphatic heterocycles. The molecule has 24 heavy (non-hydrogen) atoms. The Balaban J connectivity index is 3.11. The van der Waals surface area contributed by atoms with E-state index < -0.39 is 61.2 Å². The molecule has 0 N–H and O–H groups in total. The summed E-state index contributed by atoms with van der Waals surface area (Å²) in [4.78, 5) is 44.8. The van der Waals surface area contributed by atoms with E-state index >= 15 is 0 Å². The van der Waals surface area contributed by atoms with Crippen LogP contribution in [0, 0.1) is 0 Å². The van der Waals surface area contributed by atoms with Crippen LogP contribution in [-0.4, -0.2) is 61.2 Å². The van der Waals surface area contributed by atoms with E-state index in [0.29, 0.717) is 0 Å². The summed E-state index contributed by atoms with van der Waals surface area (Å²) < 4.78 is 24.8. The van der Waals surface area contributed by atoms with Gasteiger partial charge in [0.15, 0.2) is 18.3 Å². The molecule has 136 valence electrons. The summed E-state index contributed by atoms with van der Waals surface area (Å²) in [6, 6.07) is 0. The highest BCUT2D eigenvalue weighted by Gasteiger charge is 2.48. The predicted molar refractivity (Wildman–Crippen MR) is 72.0 cm³/mol. The fourth-order valence-corrected chi connectivity index (χ4v) is 2.19. The summed E-state index contributed by atoms with van der Waals surface area (Å²) in [7, 11) is 0. The van der Waals surface area contributed by atoms with Gasteiger partial charge in [-0.25, -0.2) is 0 Å². The maximum absolute atomic E-state index is 12.1. The van der Waals surface area contributed by atoms with Crippen molar-refractivity contribution in [2.45, 2.75) is 58.4 Å². The van der Waals surface area contributed by atoms with E-state index in [0.717, 1.165) is 27.7 Å². The molecule has 0 bridgehead atoms. The first-order valence-corrected chi connectivity index (χ1v) is 7.08. The lowest BCUT2D eigenvalue weighted by atomic mass is 9.98. The van der Waals surface area contributed by atoms with Crippen molar-refractivity contribution in [1.29, 1.82) is 0 Å². The second-order valence-electron chi connectivity index (χ2n) is 5.07. The Morgan fingerprint density at radius 3 is 1.71 bits per heavy atom. The maximum atomic E-state index is 12.1. The number of hydrogen-bond donors (Lipinski definition) is 0. The zero-order valence-corrected chi connectivity index (χ0v) is 13.7. The van der Waals surface area contributed by atoms with Gasteiger partial charge in [0.05, 0.1) is 0 Å². The third-order valence-corrected chi connectivity index (χ3v) is 2.95. The second-order valence-corrected chi connectivity index (χ2v) is 5.07. The Kier molecular flexibility index (Phi) is 7.11. The number of carbonyl (C=O) groups excluding carboxylic acids is 4. The van der Waals surface area contributed by atoms with Crippen molar-refractivity contribution in [2.24, 2.45) is 0 Å². The van der Waals surface area contributed by atoms with E-state index in [4.69, 9.17) is 23.7 Å². The van der Waals surface area contributed by atoms with Crippen LogP contribution in [0.4, 0.5) is 0 Å². The van der Waals surface area contributed by atoms with Crippen molar-refractivity contribution in [2.75, 3.05) is 6.61 Å². The minimum atomic E-state index is -1.93. The summed E-state index contributed by atoms with van der Waals surface area (Å²) in [6.07, 6.45) is -7.32. The van der Waals surface area contributed by atoms with Gasteiger partial charge in [-0.05, 0) is 0 Å². The van der Waals surface area contributed by atoms with Gasteiger partial charge in [0.1, 0.15) is 12.7 Å². The molecule has 5 atom stereocenters. The zero-order valence-electron chi connectivity index (χ0n) is 13.7. The van der Waals surface area contributed by atoms with Gasteiger partial charge in [-0.15, -0.1) is 0 Å². The van der Waals surface area contributed by atoms with Crippen LogP contribution in [0.25, 0.3) is 0 Å². The van der Waals surface area contributed by atoms with Crippen molar-refractivity contribution >= 4 is 23.9 Å². The van der Waals surface area contributed by atoms with Crippen LogP contribution in [0.2, 0.25) is 0 Å². The monoisotopic (exact) mass is 347 g/mol. The zero-order chi connectivity index (χ0) is 18.4. The second kappa shape index (κ2) is 8.60. The molecular formula is C14H19O10-. The molecular weight excluding hydrogens is 328 g/mol. The third-order valence-electron chi connectivity index (χ3n) is 2.95. The van der Waals surface area contributed by atoms with Crippen LogP contribution < -0.4 is 5.11 Å². The van der Waals surface area contributed by atoms with Crippen molar-refractivity contribution in [3.05, 3.63) is 0 Å². The Morgan fingerprint density at radius 1 is 0.792 bits per heavy atom. The summed E-state index contributed by atoms with van der Waals surface area (Å²) in [5, 5.41) is 12.1. The van der Waals surface area contributed by atoms with Crippen LogP contribution >= 0.6 is 0 Å². The molecule has 0 aromatic rings. The van der Waals surface area contributed by atoms with E-state index in [1.165, 1.54) is 0 Å². The van der Waals surface area contributed by atoms with Crippen LogP contribution in [0.15, 0.2) is 0 Å². The highest BCUT2D eigenvalue weighted by molar-refractivity contribution is 5.68. The number of rotatable bonds is 5. The molecule has 1 fully saturated rings. The Labute approximate surface area is 137 Å². The van der Waals surface area contributed by atoms with Crippen molar-refractivity contribution in [1.82, 2.24) is 0 Å². The highest BCUT2D eigenvalue weighted by atomic mass is 16.7. The molecule has 0 aromatic carbocycles. The van der Waals surface area contributed by atoms with E-state index in [9.17, 15) is 24.3 Å². The predicted octanol–water partition coefficient (Wildman–Crippen LogP) is -1.57. The van der Waals surface area contributed by atoms with Gasteiger partial charge in [-0.3, -0.25) is 19.2 Å². The number of ether oxygens (including phenoxy) is 5. The first kappa shape index (κ1) is 19.8. The number of carbonyl (C=O) groups is 4. The van der Waals surface area contributed by atoms with Crippen LogP contribution in [0.3, 0.4) is 0 Å². The number of esters is 4. The van der Waals surface area contributed by atoms with Crippen molar-refractivity contribution in [3.8, 4) is 0 Å². The largest absolute Gasteiger partial charge is 0.828 e. The summed E-state index contributed by atoms with van der Waals surface area (Å²) in [5.41, 5.74) is 0. The van der Waals surface area contributed by atoms with Crippen LogP contribution in [0.5, 0.6) is 0 Å². The van der Waals surface area contributed by atoms with E-state index in [1.807, 2.05) is 0 Å². The SMILES string of the molecule is CC(=O)OCC1OC([O-])C(OC(C)=O)C(OC(C)=O)C1OC(C)=O. The summed E-state index contributed by atoms with van der Waals surface area (Å²) >= 11 is 0. The molecule has 0 aliphatic carbocycles. The van der Waals surface area contributed by atoms with E-state index in [-0.39, 0.29) is 0 Å². The maximum Gasteiger partial charge on any atom is 0.303 e. The first-order valence-electron chi connectivity index (χ1n) is 7.08. The van der Waals surface area contributed by atoms with Gasteiger partial charge in [0.2, 0.25) is 0 Å². The molecule has 0 spiro atoms.